The van der Waals surface area contributed by atoms with Crippen LogP contribution in [0.4, 0.5) is 0 Å². The van der Waals surface area contributed by atoms with Crippen molar-refractivity contribution in [2.24, 2.45) is 5.10 Å². The molecule has 0 unspecified atom stereocenters. The number of hydrogen-bond donors (Lipinski definition) is 1. The molecule has 0 spiro atoms. The standard InChI is InChI=1S/C29H19Cl3N2O6/c30-21-9-4-18(5-10-21)28(36)39-25-13-8-20(26(15-25)40-29(37)19-6-11-22(31)12-7-19)16-33-34-27(35)17-38-24-3-1-2-23(32)14-24/h1-16H,17H2,(H,34,35)/b33-16-. The smallest absolute Gasteiger partial charge is 0.343 e. The second kappa shape index (κ2) is 13.6. The molecule has 0 aliphatic carbocycles. The Morgan fingerprint density at radius 3 is 1.95 bits per heavy atom. The Balaban J connectivity index is 1.48. The normalized spacial score (nSPS) is 10.7. The molecule has 11 heteroatoms. The molecule has 0 saturated heterocycles. The summed E-state index contributed by atoms with van der Waals surface area (Å²) in [6, 6.07) is 23.2. The lowest BCUT2D eigenvalue weighted by Crippen LogP contribution is -2.24. The number of halogens is 3. The van der Waals surface area contributed by atoms with Gasteiger partial charge in [-0.25, -0.2) is 15.0 Å². The van der Waals surface area contributed by atoms with Crippen LogP contribution in [0.15, 0.2) is 96.1 Å². The second-order valence-corrected chi connectivity index (χ2v) is 9.34. The highest BCUT2D eigenvalue weighted by Gasteiger charge is 2.15. The Morgan fingerprint density at radius 2 is 1.32 bits per heavy atom. The molecule has 1 amide bonds. The van der Waals surface area contributed by atoms with E-state index in [-0.39, 0.29) is 29.2 Å². The van der Waals surface area contributed by atoms with Crippen LogP contribution >= 0.6 is 34.8 Å². The molecule has 202 valence electrons. The van der Waals surface area contributed by atoms with Gasteiger partial charge in [0.05, 0.1) is 17.3 Å². The number of nitrogens with one attached hydrogen (secondary N) is 1. The second-order valence-electron chi connectivity index (χ2n) is 8.03. The van der Waals surface area contributed by atoms with Crippen molar-refractivity contribution in [3.8, 4) is 17.2 Å². The number of carbonyl (C=O) groups excluding carboxylic acids is 3. The predicted octanol–water partition coefficient (Wildman–Crippen LogP) is 6.61. The summed E-state index contributed by atoms with van der Waals surface area (Å²) < 4.78 is 16.4. The number of rotatable bonds is 9. The molecule has 0 fully saturated rings. The molecule has 0 atom stereocenters. The highest BCUT2D eigenvalue weighted by molar-refractivity contribution is 6.31. The topological polar surface area (TPSA) is 103 Å². The molecule has 1 N–H and O–H groups in total. The summed E-state index contributed by atoms with van der Waals surface area (Å²) in [4.78, 5) is 37.5. The first-order valence-electron chi connectivity index (χ1n) is 11.6. The van der Waals surface area contributed by atoms with Gasteiger partial charge in [0, 0.05) is 26.7 Å². The van der Waals surface area contributed by atoms with Crippen LogP contribution in [-0.2, 0) is 4.79 Å². The van der Waals surface area contributed by atoms with E-state index >= 15 is 0 Å². The van der Waals surface area contributed by atoms with Gasteiger partial charge in [-0.2, -0.15) is 5.10 Å². The number of esters is 2. The lowest BCUT2D eigenvalue weighted by Gasteiger charge is -2.11. The summed E-state index contributed by atoms with van der Waals surface area (Å²) >= 11 is 17.7. The number of hydrogen-bond acceptors (Lipinski definition) is 7. The lowest BCUT2D eigenvalue weighted by atomic mass is 10.2. The van der Waals surface area contributed by atoms with Gasteiger partial charge < -0.3 is 14.2 Å². The third-order valence-corrected chi connectivity index (χ3v) is 5.86. The van der Waals surface area contributed by atoms with Crippen molar-refractivity contribution < 1.29 is 28.6 Å². The molecular formula is C29H19Cl3N2O6. The van der Waals surface area contributed by atoms with Crippen LogP contribution in [0.1, 0.15) is 26.3 Å². The van der Waals surface area contributed by atoms with Crippen LogP contribution in [0, 0.1) is 0 Å². The van der Waals surface area contributed by atoms with Crippen molar-refractivity contribution in [2.75, 3.05) is 6.61 Å². The summed E-state index contributed by atoms with van der Waals surface area (Å²) in [7, 11) is 0. The maximum absolute atomic E-state index is 12.8. The van der Waals surface area contributed by atoms with Crippen LogP contribution in [0.25, 0.3) is 0 Å². The number of hydrazone groups is 1. The average molecular weight is 598 g/mol. The van der Waals surface area contributed by atoms with Gasteiger partial charge in [0.1, 0.15) is 17.2 Å². The highest BCUT2D eigenvalue weighted by atomic mass is 35.5. The van der Waals surface area contributed by atoms with E-state index in [1.54, 1.807) is 48.5 Å². The third kappa shape index (κ3) is 8.31. The molecule has 0 bridgehead atoms. The molecule has 0 aromatic heterocycles. The number of ether oxygens (including phenoxy) is 3. The summed E-state index contributed by atoms with van der Waals surface area (Å²) in [5, 5.41) is 5.31. The van der Waals surface area contributed by atoms with Gasteiger partial charge in [-0.15, -0.1) is 0 Å². The maximum Gasteiger partial charge on any atom is 0.343 e. The van der Waals surface area contributed by atoms with E-state index < -0.39 is 17.8 Å². The van der Waals surface area contributed by atoms with Crippen LogP contribution in [0.3, 0.4) is 0 Å². The lowest BCUT2D eigenvalue weighted by molar-refractivity contribution is -0.123. The summed E-state index contributed by atoms with van der Waals surface area (Å²) in [6.07, 6.45) is 1.27. The minimum absolute atomic E-state index is 0.0227. The van der Waals surface area contributed by atoms with Gasteiger partial charge >= 0.3 is 11.9 Å². The van der Waals surface area contributed by atoms with Gasteiger partial charge in [0.25, 0.3) is 5.91 Å². The Kier molecular flexibility index (Phi) is 9.75. The van der Waals surface area contributed by atoms with Crippen molar-refractivity contribution in [3.63, 3.8) is 0 Å². The Hall–Kier alpha value is -4.37. The van der Waals surface area contributed by atoms with Gasteiger partial charge in [-0.3, -0.25) is 4.79 Å². The van der Waals surface area contributed by atoms with Crippen molar-refractivity contribution in [2.45, 2.75) is 0 Å². The molecule has 40 heavy (non-hydrogen) atoms. The zero-order valence-corrected chi connectivity index (χ0v) is 22.7. The number of amides is 1. The largest absolute Gasteiger partial charge is 0.484 e. The van der Waals surface area contributed by atoms with Crippen molar-refractivity contribution in [3.05, 3.63) is 123 Å². The summed E-state index contributed by atoms with van der Waals surface area (Å²) in [5.41, 5.74) is 3.15. The molecule has 0 aliphatic heterocycles. The van der Waals surface area contributed by atoms with Gasteiger partial charge in [-0.1, -0.05) is 40.9 Å². The van der Waals surface area contributed by atoms with E-state index in [2.05, 4.69) is 10.5 Å². The first-order chi connectivity index (χ1) is 19.3. The number of benzene rings is 4. The zero-order chi connectivity index (χ0) is 28.5. The van der Waals surface area contributed by atoms with Gasteiger partial charge in [-0.05, 0) is 78.9 Å². The molecular weight excluding hydrogens is 579 g/mol. The summed E-state index contributed by atoms with van der Waals surface area (Å²) in [5.74, 6) is -1.31. The molecule has 0 heterocycles. The third-order valence-electron chi connectivity index (χ3n) is 5.12. The fourth-order valence-electron chi connectivity index (χ4n) is 3.18. The first-order valence-corrected chi connectivity index (χ1v) is 12.7. The number of nitrogens with zero attached hydrogens (tertiary/aromatic N) is 1. The minimum atomic E-state index is -0.688. The van der Waals surface area contributed by atoms with E-state index in [0.29, 0.717) is 26.4 Å². The molecule has 0 radical (unpaired) electrons. The van der Waals surface area contributed by atoms with Crippen LogP contribution in [-0.4, -0.2) is 30.7 Å². The van der Waals surface area contributed by atoms with Crippen molar-refractivity contribution >= 4 is 58.9 Å². The molecule has 0 aliphatic rings. The predicted molar refractivity (Wildman–Crippen MR) is 152 cm³/mol. The van der Waals surface area contributed by atoms with Crippen molar-refractivity contribution in [1.82, 2.24) is 5.43 Å². The first kappa shape index (κ1) is 28.6. The Labute approximate surface area is 244 Å². The van der Waals surface area contributed by atoms with Crippen LogP contribution in [0.2, 0.25) is 15.1 Å². The van der Waals surface area contributed by atoms with Crippen LogP contribution in [0.5, 0.6) is 17.2 Å². The van der Waals surface area contributed by atoms with E-state index in [4.69, 9.17) is 49.0 Å². The highest BCUT2D eigenvalue weighted by Crippen LogP contribution is 2.26. The quantitative estimate of drug-likeness (QED) is 0.101. The molecule has 4 aromatic rings. The summed E-state index contributed by atoms with van der Waals surface area (Å²) in [6.45, 7) is -0.310. The molecule has 8 nitrogen and oxygen atoms in total. The van der Waals surface area contributed by atoms with Crippen molar-refractivity contribution in [1.29, 1.82) is 0 Å². The zero-order valence-electron chi connectivity index (χ0n) is 20.5. The molecule has 4 rings (SSSR count). The van der Waals surface area contributed by atoms with E-state index in [1.807, 2.05) is 0 Å². The number of carbonyl (C=O) groups is 3. The Bertz CT molecular complexity index is 1560. The van der Waals surface area contributed by atoms with E-state index in [0.717, 1.165) is 0 Å². The van der Waals surface area contributed by atoms with Gasteiger partial charge in [0.2, 0.25) is 0 Å². The SMILES string of the molecule is O=C(COc1cccc(Cl)c1)N/N=C\c1ccc(OC(=O)c2ccc(Cl)cc2)cc1OC(=O)c1ccc(Cl)cc1. The maximum atomic E-state index is 12.8. The Morgan fingerprint density at radius 1 is 0.700 bits per heavy atom. The fourth-order valence-corrected chi connectivity index (χ4v) is 3.61. The van der Waals surface area contributed by atoms with E-state index in [1.165, 1.54) is 48.7 Å². The van der Waals surface area contributed by atoms with E-state index in [9.17, 15) is 14.4 Å². The van der Waals surface area contributed by atoms with Crippen LogP contribution < -0.4 is 19.6 Å². The van der Waals surface area contributed by atoms with Gasteiger partial charge in [0.15, 0.2) is 6.61 Å². The average Bonchev–Trinajstić information content (AvgIpc) is 2.94. The molecule has 4 aromatic carbocycles. The monoisotopic (exact) mass is 596 g/mol. The molecule has 0 saturated carbocycles. The fraction of sp³-hybridized carbons (Fsp3) is 0.0345. The minimum Gasteiger partial charge on any atom is -0.484 e.